The zero-order chi connectivity index (χ0) is 19.1. The molecular formula is C21H20FN3O2. The summed E-state index contributed by atoms with van der Waals surface area (Å²) in [5.74, 6) is 0.710. The molecule has 0 fully saturated rings. The normalized spacial score (nSPS) is 10.3. The van der Waals surface area contributed by atoms with Gasteiger partial charge in [-0.05, 0) is 49.4 Å². The minimum atomic E-state index is -0.283. The maximum absolute atomic E-state index is 13.7. The molecule has 1 aromatic heterocycles. The van der Waals surface area contributed by atoms with E-state index in [1.54, 1.807) is 54.6 Å². The number of nitrogens with one attached hydrogen (secondary N) is 2. The predicted octanol–water partition coefficient (Wildman–Crippen LogP) is 4.48. The number of benzene rings is 2. The minimum absolute atomic E-state index is 0.254. The lowest BCUT2D eigenvalue weighted by molar-refractivity contribution is 0.102. The van der Waals surface area contributed by atoms with Crippen LogP contribution in [0.15, 0.2) is 66.9 Å². The summed E-state index contributed by atoms with van der Waals surface area (Å²) in [7, 11) is 0. The standard InChI is InChI=1S/C21H20FN3O2/c1-2-27-18-9-7-17(8-10-18)25-21(26)15-11-12-23-20(13-15)24-14-16-5-3-4-6-19(16)22/h3-13H,2,14H2,1H3,(H,23,24)(H,25,26). The highest BCUT2D eigenvalue weighted by atomic mass is 19.1. The van der Waals surface area contributed by atoms with Gasteiger partial charge in [0.25, 0.3) is 5.91 Å². The second kappa shape index (κ2) is 8.80. The van der Waals surface area contributed by atoms with E-state index in [4.69, 9.17) is 4.74 Å². The molecule has 0 saturated heterocycles. The zero-order valence-corrected chi connectivity index (χ0v) is 14.9. The second-order valence-corrected chi connectivity index (χ2v) is 5.79. The smallest absolute Gasteiger partial charge is 0.255 e. The first-order chi connectivity index (χ1) is 13.2. The van der Waals surface area contributed by atoms with Gasteiger partial charge in [0.2, 0.25) is 0 Å². The van der Waals surface area contributed by atoms with Crippen molar-refractivity contribution in [2.45, 2.75) is 13.5 Å². The first-order valence-electron chi connectivity index (χ1n) is 8.63. The van der Waals surface area contributed by atoms with Gasteiger partial charge in [-0.25, -0.2) is 9.37 Å². The van der Waals surface area contributed by atoms with Crippen molar-refractivity contribution in [3.8, 4) is 5.75 Å². The highest BCUT2D eigenvalue weighted by Gasteiger charge is 2.08. The molecule has 0 bridgehead atoms. The molecule has 0 aliphatic carbocycles. The molecule has 0 unspecified atom stereocenters. The van der Waals surface area contributed by atoms with Gasteiger partial charge in [0, 0.05) is 29.6 Å². The van der Waals surface area contributed by atoms with E-state index in [2.05, 4.69) is 15.6 Å². The molecular weight excluding hydrogens is 345 g/mol. The highest BCUT2D eigenvalue weighted by molar-refractivity contribution is 6.04. The van der Waals surface area contributed by atoms with Gasteiger partial charge in [-0.3, -0.25) is 4.79 Å². The number of carbonyl (C=O) groups excluding carboxylic acids is 1. The number of anilines is 2. The molecule has 0 radical (unpaired) electrons. The first-order valence-corrected chi connectivity index (χ1v) is 8.63. The topological polar surface area (TPSA) is 63.2 Å². The summed E-state index contributed by atoms with van der Waals surface area (Å²) in [4.78, 5) is 16.6. The maximum atomic E-state index is 13.7. The van der Waals surface area contributed by atoms with Crippen molar-refractivity contribution in [2.24, 2.45) is 0 Å². The molecule has 1 amide bonds. The SMILES string of the molecule is CCOc1ccc(NC(=O)c2ccnc(NCc3ccccc3F)c2)cc1. The van der Waals surface area contributed by atoms with Gasteiger partial charge in [-0.2, -0.15) is 0 Å². The van der Waals surface area contributed by atoms with Gasteiger partial charge in [0.05, 0.1) is 6.61 Å². The minimum Gasteiger partial charge on any atom is -0.494 e. The van der Waals surface area contributed by atoms with Crippen LogP contribution in [0.1, 0.15) is 22.8 Å². The Morgan fingerprint density at radius 2 is 1.89 bits per heavy atom. The van der Waals surface area contributed by atoms with Crippen molar-refractivity contribution in [3.05, 3.63) is 83.8 Å². The average molecular weight is 365 g/mol. The Balaban J connectivity index is 1.63. The number of nitrogens with zero attached hydrogens (tertiary/aromatic N) is 1. The van der Waals surface area contributed by atoms with Crippen LogP contribution in [0.4, 0.5) is 15.9 Å². The van der Waals surface area contributed by atoms with Crippen LogP contribution in [0, 0.1) is 5.82 Å². The Morgan fingerprint density at radius 1 is 1.11 bits per heavy atom. The van der Waals surface area contributed by atoms with E-state index in [1.165, 1.54) is 12.3 Å². The van der Waals surface area contributed by atoms with E-state index in [1.807, 2.05) is 6.92 Å². The number of halogens is 1. The number of rotatable bonds is 7. The summed E-state index contributed by atoms with van der Waals surface area (Å²) < 4.78 is 19.1. The third-order valence-electron chi connectivity index (χ3n) is 3.86. The molecule has 27 heavy (non-hydrogen) atoms. The van der Waals surface area contributed by atoms with Gasteiger partial charge in [0.15, 0.2) is 0 Å². The molecule has 5 nitrogen and oxygen atoms in total. The summed E-state index contributed by atoms with van der Waals surface area (Å²) in [5.41, 5.74) is 1.65. The molecule has 0 atom stereocenters. The molecule has 0 saturated carbocycles. The first kappa shape index (κ1) is 18.4. The fraction of sp³-hybridized carbons (Fsp3) is 0.143. The molecule has 6 heteroatoms. The predicted molar refractivity (Wildman–Crippen MR) is 104 cm³/mol. The number of carbonyl (C=O) groups is 1. The zero-order valence-electron chi connectivity index (χ0n) is 14.9. The van der Waals surface area contributed by atoms with Crippen LogP contribution in [0.3, 0.4) is 0 Å². The number of hydrogen-bond donors (Lipinski definition) is 2. The molecule has 1 heterocycles. The van der Waals surface area contributed by atoms with Crippen molar-refractivity contribution in [1.82, 2.24) is 4.98 Å². The number of ether oxygens (including phenoxy) is 1. The third kappa shape index (κ3) is 5.04. The number of pyridine rings is 1. The van der Waals surface area contributed by atoms with E-state index >= 15 is 0 Å². The lowest BCUT2D eigenvalue weighted by Crippen LogP contribution is -2.13. The van der Waals surface area contributed by atoms with Crippen LogP contribution in [0.5, 0.6) is 5.75 Å². The number of aromatic nitrogens is 1. The van der Waals surface area contributed by atoms with Crippen molar-refractivity contribution in [2.75, 3.05) is 17.2 Å². The highest BCUT2D eigenvalue weighted by Crippen LogP contribution is 2.17. The third-order valence-corrected chi connectivity index (χ3v) is 3.86. The summed E-state index contributed by atoms with van der Waals surface area (Å²) >= 11 is 0. The van der Waals surface area contributed by atoms with Gasteiger partial charge in [-0.1, -0.05) is 18.2 Å². The number of hydrogen-bond acceptors (Lipinski definition) is 4. The Kier molecular flexibility index (Phi) is 5.99. The maximum Gasteiger partial charge on any atom is 0.255 e. The molecule has 0 aliphatic heterocycles. The fourth-order valence-corrected chi connectivity index (χ4v) is 2.50. The van der Waals surface area contributed by atoms with Gasteiger partial charge in [0.1, 0.15) is 17.4 Å². The molecule has 2 N–H and O–H groups in total. The lowest BCUT2D eigenvalue weighted by atomic mass is 10.2. The van der Waals surface area contributed by atoms with Crippen molar-refractivity contribution >= 4 is 17.4 Å². The van der Waals surface area contributed by atoms with Crippen LogP contribution < -0.4 is 15.4 Å². The Morgan fingerprint density at radius 3 is 2.63 bits per heavy atom. The lowest BCUT2D eigenvalue weighted by Gasteiger charge is -2.09. The molecule has 0 spiro atoms. The molecule has 138 valence electrons. The van der Waals surface area contributed by atoms with Gasteiger partial charge < -0.3 is 15.4 Å². The van der Waals surface area contributed by atoms with E-state index in [0.717, 1.165) is 5.75 Å². The van der Waals surface area contributed by atoms with Crippen molar-refractivity contribution < 1.29 is 13.9 Å². The average Bonchev–Trinajstić information content (AvgIpc) is 2.69. The largest absolute Gasteiger partial charge is 0.494 e. The molecule has 3 aromatic rings. The van der Waals surface area contributed by atoms with Crippen LogP contribution >= 0.6 is 0 Å². The van der Waals surface area contributed by atoms with Gasteiger partial charge in [-0.15, -0.1) is 0 Å². The van der Waals surface area contributed by atoms with E-state index in [0.29, 0.717) is 29.2 Å². The second-order valence-electron chi connectivity index (χ2n) is 5.79. The molecule has 2 aromatic carbocycles. The monoisotopic (exact) mass is 365 g/mol. The summed E-state index contributed by atoms with van der Waals surface area (Å²) in [6.07, 6.45) is 1.54. The quantitative estimate of drug-likeness (QED) is 0.648. The van der Waals surface area contributed by atoms with E-state index in [9.17, 15) is 9.18 Å². The Labute approximate surface area is 157 Å². The van der Waals surface area contributed by atoms with Gasteiger partial charge >= 0.3 is 0 Å². The molecule has 3 rings (SSSR count). The van der Waals surface area contributed by atoms with Crippen LogP contribution in [-0.4, -0.2) is 17.5 Å². The van der Waals surface area contributed by atoms with Crippen molar-refractivity contribution in [1.29, 1.82) is 0 Å². The fourth-order valence-electron chi connectivity index (χ4n) is 2.50. The van der Waals surface area contributed by atoms with Crippen LogP contribution in [-0.2, 0) is 6.54 Å². The van der Waals surface area contributed by atoms with Crippen molar-refractivity contribution in [3.63, 3.8) is 0 Å². The molecule has 0 aliphatic rings. The Hall–Kier alpha value is -3.41. The summed E-state index contributed by atoms with van der Waals surface area (Å²) in [5, 5.41) is 5.86. The Bertz CT molecular complexity index is 913. The summed E-state index contributed by atoms with van der Waals surface area (Å²) in [6, 6.07) is 16.9. The van der Waals surface area contributed by atoms with E-state index < -0.39 is 0 Å². The number of amides is 1. The summed E-state index contributed by atoms with van der Waals surface area (Å²) in [6.45, 7) is 2.78. The van der Waals surface area contributed by atoms with Crippen LogP contribution in [0.25, 0.3) is 0 Å². The van der Waals surface area contributed by atoms with E-state index in [-0.39, 0.29) is 18.3 Å². The van der Waals surface area contributed by atoms with Crippen LogP contribution in [0.2, 0.25) is 0 Å².